The van der Waals surface area contributed by atoms with E-state index in [1.165, 1.54) is 48.3 Å². The zero-order chi connectivity index (χ0) is 26.9. The van der Waals surface area contributed by atoms with Crippen molar-refractivity contribution in [3.8, 4) is 11.5 Å². The van der Waals surface area contributed by atoms with Gasteiger partial charge in [-0.15, -0.1) is 0 Å². The molecule has 1 aliphatic rings. The van der Waals surface area contributed by atoms with Crippen molar-refractivity contribution in [2.45, 2.75) is 67.2 Å². The molecule has 1 amide bonds. The molecular formula is C30H37NO5. The van der Waals surface area contributed by atoms with Gasteiger partial charge >= 0.3 is 5.97 Å². The van der Waals surface area contributed by atoms with Gasteiger partial charge in [-0.25, -0.2) is 4.79 Å². The lowest BCUT2D eigenvalue weighted by Gasteiger charge is -2.32. The standard InChI is InChI=1S/C30H37NO5/c1-7-26(33)29(35)36-27-19-23(32)14-16-25(27)31-28(34)18-21(3)11-8-10-20(2)13-15-24-22(4)12-9-17-30(24,5)6/h8,10-11,13-16,18-19,32H,7,9,12,17H2,1-6H3,(H,31,34)/b11-8+,15-13+,20-10+,21-18+. The van der Waals surface area contributed by atoms with Crippen LogP contribution in [0.25, 0.3) is 0 Å². The number of carbonyl (C=O) groups is 3. The third kappa shape index (κ3) is 8.52. The van der Waals surface area contributed by atoms with E-state index < -0.39 is 17.7 Å². The number of nitrogens with one attached hydrogen (secondary N) is 1. The monoisotopic (exact) mass is 491 g/mol. The predicted octanol–water partition coefficient (Wildman–Crippen LogP) is 6.75. The van der Waals surface area contributed by atoms with Gasteiger partial charge in [0, 0.05) is 18.6 Å². The Morgan fingerprint density at radius 3 is 2.53 bits per heavy atom. The van der Waals surface area contributed by atoms with Gasteiger partial charge in [-0.1, -0.05) is 62.3 Å². The molecule has 0 saturated carbocycles. The van der Waals surface area contributed by atoms with Crippen LogP contribution in [0, 0.1) is 5.41 Å². The largest absolute Gasteiger partial charge is 0.508 e. The van der Waals surface area contributed by atoms with Gasteiger partial charge in [-0.2, -0.15) is 0 Å². The number of Topliss-reactive ketones (excluding diaryl/α,β-unsaturated/α-hetero) is 1. The molecule has 0 bridgehead atoms. The van der Waals surface area contributed by atoms with Crippen molar-refractivity contribution in [3.63, 3.8) is 0 Å². The summed E-state index contributed by atoms with van der Waals surface area (Å²) < 4.78 is 5.05. The minimum absolute atomic E-state index is 0.00713. The first kappa shape index (κ1) is 28.6. The number of hydrogen-bond donors (Lipinski definition) is 2. The number of amides is 1. The number of benzene rings is 1. The maximum Gasteiger partial charge on any atom is 0.380 e. The van der Waals surface area contributed by atoms with Crippen molar-refractivity contribution in [3.05, 3.63) is 76.9 Å². The Morgan fingerprint density at radius 2 is 1.86 bits per heavy atom. The van der Waals surface area contributed by atoms with E-state index in [9.17, 15) is 19.5 Å². The lowest BCUT2D eigenvalue weighted by Crippen LogP contribution is -2.20. The first-order valence-electron chi connectivity index (χ1n) is 12.2. The van der Waals surface area contributed by atoms with Crippen molar-refractivity contribution in [2.24, 2.45) is 5.41 Å². The quantitative estimate of drug-likeness (QED) is 0.0996. The molecule has 6 heteroatoms. The molecule has 192 valence electrons. The fourth-order valence-corrected chi connectivity index (χ4v) is 4.06. The minimum atomic E-state index is -1.05. The molecule has 0 spiro atoms. The van der Waals surface area contributed by atoms with Crippen molar-refractivity contribution >= 4 is 23.3 Å². The second kappa shape index (κ2) is 12.9. The fraction of sp³-hybridized carbons (Fsp3) is 0.367. The summed E-state index contributed by atoms with van der Waals surface area (Å²) in [6.07, 6.45) is 15.0. The van der Waals surface area contributed by atoms with Crippen LogP contribution in [0.5, 0.6) is 11.5 Å². The third-order valence-corrected chi connectivity index (χ3v) is 6.11. The SMILES string of the molecule is CCC(=O)C(=O)Oc1cc(O)ccc1NC(=O)/C=C(C)/C=C/C=C(C)/C=C/C1=C(C)CCCC1(C)C. The number of allylic oxidation sites excluding steroid dienone is 9. The van der Waals surface area contributed by atoms with Crippen LogP contribution in [0.4, 0.5) is 5.69 Å². The van der Waals surface area contributed by atoms with Gasteiger partial charge in [0.05, 0.1) is 5.69 Å². The van der Waals surface area contributed by atoms with E-state index in [4.69, 9.17) is 4.74 Å². The average molecular weight is 492 g/mol. The maximum absolute atomic E-state index is 12.5. The van der Waals surface area contributed by atoms with Gasteiger partial charge in [-0.05, 0) is 68.7 Å². The molecule has 2 N–H and O–H groups in total. The van der Waals surface area contributed by atoms with Crippen LogP contribution in [0.1, 0.15) is 67.2 Å². The second-order valence-corrected chi connectivity index (χ2v) is 9.76. The number of anilines is 1. The van der Waals surface area contributed by atoms with Crippen molar-refractivity contribution in [1.82, 2.24) is 0 Å². The molecule has 0 radical (unpaired) electrons. The van der Waals surface area contributed by atoms with Crippen LogP contribution in [0.3, 0.4) is 0 Å². The van der Waals surface area contributed by atoms with Crippen LogP contribution in [0.2, 0.25) is 0 Å². The van der Waals surface area contributed by atoms with Crippen molar-refractivity contribution in [2.75, 3.05) is 5.32 Å². The Bertz CT molecular complexity index is 1160. The number of aromatic hydroxyl groups is 1. The number of phenols is 1. The lowest BCUT2D eigenvalue weighted by molar-refractivity contribution is -0.146. The van der Waals surface area contributed by atoms with E-state index in [2.05, 4.69) is 38.2 Å². The van der Waals surface area contributed by atoms with Gasteiger partial charge in [0.1, 0.15) is 5.75 Å². The molecule has 0 unspecified atom stereocenters. The topological polar surface area (TPSA) is 92.7 Å². The van der Waals surface area contributed by atoms with Crippen LogP contribution in [0.15, 0.2) is 76.9 Å². The zero-order valence-corrected chi connectivity index (χ0v) is 22.1. The first-order valence-corrected chi connectivity index (χ1v) is 12.2. The molecule has 0 fully saturated rings. The Hall–Kier alpha value is -3.67. The summed E-state index contributed by atoms with van der Waals surface area (Å²) >= 11 is 0. The van der Waals surface area contributed by atoms with Gasteiger partial charge in [-0.3, -0.25) is 9.59 Å². The zero-order valence-electron chi connectivity index (χ0n) is 22.1. The Balaban J connectivity index is 2.05. The second-order valence-electron chi connectivity index (χ2n) is 9.76. The lowest BCUT2D eigenvalue weighted by atomic mass is 9.72. The summed E-state index contributed by atoms with van der Waals surface area (Å²) in [5.74, 6) is -2.46. The molecule has 0 atom stereocenters. The van der Waals surface area contributed by atoms with Crippen LogP contribution in [-0.4, -0.2) is 22.8 Å². The van der Waals surface area contributed by atoms with E-state index in [0.29, 0.717) is 5.57 Å². The third-order valence-electron chi connectivity index (χ3n) is 6.11. The molecule has 1 aromatic carbocycles. The molecule has 6 nitrogen and oxygen atoms in total. The number of esters is 1. The molecule has 0 aliphatic heterocycles. The molecule has 1 aromatic rings. The van der Waals surface area contributed by atoms with Crippen LogP contribution in [-0.2, 0) is 14.4 Å². The summed E-state index contributed by atoms with van der Waals surface area (Å²) in [6.45, 7) is 12.2. The van der Waals surface area contributed by atoms with Gasteiger partial charge in [0.2, 0.25) is 11.7 Å². The molecule has 36 heavy (non-hydrogen) atoms. The van der Waals surface area contributed by atoms with Gasteiger partial charge < -0.3 is 15.2 Å². The van der Waals surface area contributed by atoms with E-state index >= 15 is 0 Å². The highest BCUT2D eigenvalue weighted by Gasteiger charge is 2.26. The number of ketones is 1. The fourth-order valence-electron chi connectivity index (χ4n) is 4.06. The number of ether oxygens (including phenoxy) is 1. The smallest absolute Gasteiger partial charge is 0.380 e. The van der Waals surface area contributed by atoms with E-state index in [1.54, 1.807) is 13.8 Å². The highest BCUT2D eigenvalue weighted by molar-refractivity contribution is 6.34. The summed E-state index contributed by atoms with van der Waals surface area (Å²) in [5, 5.41) is 12.3. The Kier molecular flexibility index (Phi) is 10.2. The van der Waals surface area contributed by atoms with Gasteiger partial charge in [0.15, 0.2) is 5.75 Å². The van der Waals surface area contributed by atoms with E-state index in [1.807, 2.05) is 25.2 Å². The predicted molar refractivity (Wildman–Crippen MR) is 144 cm³/mol. The average Bonchev–Trinajstić information content (AvgIpc) is 2.79. The highest BCUT2D eigenvalue weighted by Crippen LogP contribution is 2.40. The maximum atomic E-state index is 12.5. The molecule has 0 saturated heterocycles. The number of hydrogen-bond acceptors (Lipinski definition) is 5. The molecule has 1 aliphatic carbocycles. The Morgan fingerprint density at radius 1 is 1.14 bits per heavy atom. The van der Waals surface area contributed by atoms with Crippen molar-refractivity contribution < 1.29 is 24.2 Å². The normalized spacial score (nSPS) is 16.5. The summed E-state index contributed by atoms with van der Waals surface area (Å²) in [7, 11) is 0. The number of phenolic OH excluding ortho intramolecular Hbond substituents is 1. The molecule has 0 aromatic heterocycles. The molecular weight excluding hydrogens is 454 g/mol. The van der Waals surface area contributed by atoms with Gasteiger partial charge in [0.25, 0.3) is 0 Å². The minimum Gasteiger partial charge on any atom is -0.508 e. The summed E-state index contributed by atoms with van der Waals surface area (Å²) in [6, 6.07) is 3.91. The van der Waals surface area contributed by atoms with E-state index in [0.717, 1.165) is 12.0 Å². The molecule has 0 heterocycles. The highest BCUT2D eigenvalue weighted by atomic mass is 16.5. The number of rotatable bonds is 9. The van der Waals surface area contributed by atoms with E-state index in [-0.39, 0.29) is 29.0 Å². The summed E-state index contributed by atoms with van der Waals surface area (Å²) in [4.78, 5) is 35.8. The number of carbonyl (C=O) groups excluding carboxylic acids is 3. The summed E-state index contributed by atoms with van der Waals surface area (Å²) in [5.41, 5.74) is 5.05. The first-order chi connectivity index (χ1) is 16.9. The van der Waals surface area contributed by atoms with Crippen LogP contribution < -0.4 is 10.1 Å². The van der Waals surface area contributed by atoms with Crippen molar-refractivity contribution in [1.29, 1.82) is 0 Å². The molecule has 2 rings (SSSR count). The van der Waals surface area contributed by atoms with Crippen LogP contribution >= 0.6 is 0 Å². The Labute approximate surface area is 214 Å².